The fourth-order valence-electron chi connectivity index (χ4n) is 7.37. The maximum atomic E-state index is 4.88. The molecule has 5 heteroatoms. The van der Waals surface area contributed by atoms with Gasteiger partial charge in [0.2, 0.25) is 0 Å². The Bertz CT molecular complexity index is 458. The van der Waals surface area contributed by atoms with E-state index in [2.05, 4.69) is 41.5 Å². The zero-order valence-corrected chi connectivity index (χ0v) is 43.2. The van der Waals surface area contributed by atoms with Gasteiger partial charge in [-0.2, -0.15) is 0 Å². The van der Waals surface area contributed by atoms with Crippen LogP contribution >= 0.6 is 34.7 Å². The predicted octanol–water partition coefficient (Wildman–Crippen LogP) is 20.5. The molecule has 0 radical (unpaired) electrons. The summed E-state index contributed by atoms with van der Waals surface area (Å²) >= 11 is -0.472. The predicted molar refractivity (Wildman–Crippen MR) is 255 cm³/mol. The van der Waals surface area contributed by atoms with Crippen LogP contribution in [0.25, 0.3) is 0 Å². The summed E-state index contributed by atoms with van der Waals surface area (Å²) in [5.74, 6) is 0. The molecule has 0 atom stereocenters. The fourth-order valence-corrected chi connectivity index (χ4v) is 12.7. The van der Waals surface area contributed by atoms with E-state index < -0.39 is 16.5 Å². The third-order valence-corrected chi connectivity index (χ3v) is 16.7. The molecule has 0 nitrogen and oxygen atoms in total. The van der Waals surface area contributed by atoms with Gasteiger partial charge in [0.05, 0.1) is 0 Å². The molecule has 0 amide bonds. The van der Waals surface area contributed by atoms with E-state index in [1.165, 1.54) is 231 Å². The Labute approximate surface area is 358 Å². The molecule has 0 heterocycles. The Morgan fingerprint density at radius 1 is 0.226 bits per heavy atom. The summed E-state index contributed by atoms with van der Waals surface area (Å²) < 4.78 is 0. The molecule has 53 heavy (non-hydrogen) atoms. The Hall–Kier alpha value is 2.13. The van der Waals surface area contributed by atoms with E-state index in [9.17, 15) is 0 Å². The van der Waals surface area contributed by atoms with E-state index in [1.54, 1.807) is 37.0 Å². The first-order valence-corrected chi connectivity index (χ1v) is 33.8. The van der Waals surface area contributed by atoms with Crippen molar-refractivity contribution in [2.24, 2.45) is 0 Å². The monoisotopic (exact) mass is 1010 g/mol. The summed E-state index contributed by atoms with van der Waals surface area (Å²) in [7, 11) is 10.5. The van der Waals surface area contributed by atoms with Gasteiger partial charge in [-0.25, -0.2) is 0 Å². The fraction of sp³-hybridized carbons (Fsp3) is 1.00. The molecule has 0 aliphatic carbocycles. The van der Waals surface area contributed by atoms with E-state index in [4.69, 9.17) is 18.8 Å². The summed E-state index contributed by atoms with van der Waals surface area (Å²) in [5, 5.41) is 0. The molecule has 0 aliphatic heterocycles. The Morgan fingerprint density at radius 2 is 0.340 bits per heavy atom. The number of unbranched alkanes of at least 4 members (excludes halogenated alkanes) is 30. The van der Waals surface area contributed by atoms with Gasteiger partial charge < -0.3 is 0 Å². The van der Waals surface area contributed by atoms with Crippen molar-refractivity contribution in [1.82, 2.24) is 0 Å². The van der Waals surface area contributed by atoms with Crippen LogP contribution in [-0.4, -0.2) is 37.0 Å². The average molecular weight is 1010 g/mol. The van der Waals surface area contributed by atoms with Crippen LogP contribution in [-0.2, 0) is 16.5 Å². The second kappa shape index (κ2) is 58.4. The molecule has 0 rings (SSSR count). The van der Waals surface area contributed by atoms with E-state index in [1.807, 2.05) is 0 Å². The Morgan fingerprint density at radius 3 is 0.472 bits per heavy atom. The quantitative estimate of drug-likeness (QED) is 0.0422. The van der Waals surface area contributed by atoms with Crippen LogP contribution in [0, 0.1) is 0 Å². The first-order valence-electron chi connectivity index (χ1n) is 24.4. The van der Waals surface area contributed by atoms with Crippen molar-refractivity contribution in [2.45, 2.75) is 273 Å². The number of rotatable bonds is 42. The topological polar surface area (TPSA) is 0 Å². The molecule has 0 fully saturated rings. The Kier molecular flexibility index (Phi) is 65.5. The summed E-state index contributed by atoms with van der Waals surface area (Å²) in [6.45, 7) is 13.9. The van der Waals surface area contributed by atoms with Gasteiger partial charge in [-0.3, -0.25) is 0 Å². The van der Waals surface area contributed by atoms with Gasteiger partial charge in [-0.05, 0) is 75.5 Å². The van der Waals surface area contributed by atoms with Gasteiger partial charge in [0, 0.05) is 0 Å². The summed E-state index contributed by atoms with van der Waals surface area (Å²) in [5.41, 5.74) is 0. The van der Waals surface area contributed by atoms with Crippen LogP contribution in [0.15, 0.2) is 0 Å². The SMILES string of the molecule is CCCCCCCCP(CCCCCCCC)CCCCCCCC.CCCCCCCCP(CCCCCCCC)CCCCCCCC.[Cl][Pt][Cl]. The van der Waals surface area contributed by atoms with Crippen LogP contribution in [0.3, 0.4) is 0 Å². The van der Waals surface area contributed by atoms with Crippen LogP contribution in [0.1, 0.15) is 273 Å². The van der Waals surface area contributed by atoms with Crippen molar-refractivity contribution in [2.75, 3.05) is 37.0 Å². The number of hydrogen-bond acceptors (Lipinski definition) is 0. The van der Waals surface area contributed by atoms with Crippen molar-refractivity contribution in [3.8, 4) is 0 Å². The standard InChI is InChI=1S/2C24H51P.2ClH.Pt/c2*1-4-7-10-13-16-19-22-25(23-20-17-14-11-8-5-2)24-21-18-15-12-9-6-3;;;/h2*4-24H2,1-3H3;2*1H;/q;;;;+2/p-2. The molecule has 0 saturated heterocycles. The summed E-state index contributed by atoms with van der Waals surface area (Å²) in [6, 6.07) is 0. The van der Waals surface area contributed by atoms with Crippen molar-refractivity contribution in [3.05, 3.63) is 0 Å². The molecular weight excluding hydrogens is 904 g/mol. The second-order valence-electron chi connectivity index (χ2n) is 16.3. The van der Waals surface area contributed by atoms with Gasteiger partial charge in [-0.15, -0.1) is 15.8 Å². The first-order chi connectivity index (χ1) is 26.1. The second-order valence-corrected chi connectivity index (χ2v) is 25.0. The molecule has 0 aromatic carbocycles. The Balaban J connectivity index is -0.000000877. The molecule has 0 aromatic heterocycles. The van der Waals surface area contributed by atoms with E-state index in [0.717, 1.165) is 0 Å². The van der Waals surface area contributed by atoms with Gasteiger partial charge in [0.1, 0.15) is 0 Å². The zero-order chi connectivity index (χ0) is 39.6. The molecular formula is C48H102Cl2P2Pt. The summed E-state index contributed by atoms with van der Waals surface area (Å²) in [6.07, 6.45) is 62.5. The van der Waals surface area contributed by atoms with Crippen molar-refractivity contribution in [1.29, 1.82) is 0 Å². The van der Waals surface area contributed by atoms with Crippen LogP contribution in [0.4, 0.5) is 0 Å². The molecule has 0 saturated carbocycles. The molecule has 0 aliphatic rings. The van der Waals surface area contributed by atoms with Gasteiger partial charge >= 0.3 is 35.3 Å². The number of hydrogen-bond donors (Lipinski definition) is 0. The number of halogens is 2. The minimum atomic E-state index is -0.472. The molecule has 0 spiro atoms. The van der Waals surface area contributed by atoms with E-state index in [-0.39, 0.29) is 0 Å². The molecule has 0 bridgehead atoms. The summed E-state index contributed by atoms with van der Waals surface area (Å²) in [4.78, 5) is 0. The zero-order valence-electron chi connectivity index (χ0n) is 37.7. The third kappa shape index (κ3) is 58.5. The maximum absolute atomic E-state index is 4.88. The van der Waals surface area contributed by atoms with Crippen molar-refractivity contribution >= 4 is 34.7 Å². The molecule has 328 valence electrons. The molecule has 0 aromatic rings. The molecule has 0 unspecified atom stereocenters. The van der Waals surface area contributed by atoms with Crippen LogP contribution < -0.4 is 0 Å². The third-order valence-electron chi connectivity index (χ3n) is 11.0. The van der Waals surface area contributed by atoms with Crippen molar-refractivity contribution < 1.29 is 16.5 Å². The molecule has 0 N–H and O–H groups in total. The van der Waals surface area contributed by atoms with Gasteiger partial charge in [0.15, 0.2) is 0 Å². The normalized spacial score (nSPS) is 11.3. The van der Waals surface area contributed by atoms with E-state index >= 15 is 0 Å². The first kappa shape index (κ1) is 59.4. The van der Waals surface area contributed by atoms with Gasteiger partial charge in [-0.1, -0.05) is 234 Å². The van der Waals surface area contributed by atoms with Crippen LogP contribution in [0.5, 0.6) is 0 Å². The van der Waals surface area contributed by atoms with Gasteiger partial charge in [0.25, 0.3) is 0 Å². The minimum absolute atomic E-state index is 0.366. The van der Waals surface area contributed by atoms with Crippen LogP contribution in [0.2, 0.25) is 0 Å². The van der Waals surface area contributed by atoms with Crippen molar-refractivity contribution in [3.63, 3.8) is 0 Å². The average Bonchev–Trinajstić information content (AvgIpc) is 3.16. The van der Waals surface area contributed by atoms with E-state index in [0.29, 0.717) is 15.8 Å².